The largest absolute Gasteiger partial charge is 0.393 e. The first-order valence-corrected chi connectivity index (χ1v) is 5.21. The van der Waals surface area contributed by atoms with Crippen LogP contribution in [0.2, 0.25) is 0 Å². The van der Waals surface area contributed by atoms with E-state index in [1.165, 1.54) is 0 Å². The van der Waals surface area contributed by atoms with Crippen LogP contribution in [0.5, 0.6) is 0 Å². The SMILES string of the molecule is CC(=O)c1ccc(NC2CC(O)C2)cc1. The summed E-state index contributed by atoms with van der Waals surface area (Å²) in [5.74, 6) is 0.0839. The molecule has 2 N–H and O–H groups in total. The van der Waals surface area contributed by atoms with Gasteiger partial charge in [-0.3, -0.25) is 4.79 Å². The lowest BCUT2D eigenvalue weighted by Crippen LogP contribution is -2.38. The van der Waals surface area contributed by atoms with Crippen LogP contribution < -0.4 is 5.32 Å². The third-order valence-electron chi connectivity index (χ3n) is 2.78. The van der Waals surface area contributed by atoms with Crippen LogP contribution in [0, 0.1) is 0 Å². The van der Waals surface area contributed by atoms with Gasteiger partial charge in [0.25, 0.3) is 0 Å². The normalized spacial score (nSPS) is 24.4. The van der Waals surface area contributed by atoms with Gasteiger partial charge in [-0.2, -0.15) is 0 Å². The second-order valence-corrected chi connectivity index (χ2v) is 4.10. The summed E-state index contributed by atoms with van der Waals surface area (Å²) in [4.78, 5) is 11.0. The standard InChI is InChI=1S/C12H15NO2/c1-8(14)9-2-4-10(5-3-9)13-11-6-12(15)7-11/h2-5,11-13,15H,6-7H2,1H3. The van der Waals surface area contributed by atoms with Crippen LogP contribution in [0.25, 0.3) is 0 Å². The van der Waals surface area contributed by atoms with E-state index in [1.54, 1.807) is 6.92 Å². The summed E-state index contributed by atoms with van der Waals surface area (Å²) in [5.41, 5.74) is 1.74. The average Bonchev–Trinajstić information content (AvgIpc) is 2.16. The summed E-state index contributed by atoms with van der Waals surface area (Å²) in [6.45, 7) is 1.56. The number of aliphatic hydroxyl groups excluding tert-OH is 1. The van der Waals surface area contributed by atoms with E-state index in [-0.39, 0.29) is 11.9 Å². The molecule has 0 heterocycles. The molecule has 0 spiro atoms. The molecule has 0 aliphatic heterocycles. The first-order valence-electron chi connectivity index (χ1n) is 5.21. The van der Waals surface area contributed by atoms with Crippen molar-refractivity contribution >= 4 is 11.5 Å². The summed E-state index contributed by atoms with van der Waals surface area (Å²) in [6, 6.07) is 7.82. The fourth-order valence-electron chi connectivity index (χ4n) is 1.74. The van der Waals surface area contributed by atoms with E-state index in [2.05, 4.69) is 5.32 Å². The molecule has 15 heavy (non-hydrogen) atoms. The fourth-order valence-corrected chi connectivity index (χ4v) is 1.74. The maximum Gasteiger partial charge on any atom is 0.159 e. The van der Waals surface area contributed by atoms with Gasteiger partial charge in [0.2, 0.25) is 0 Å². The maximum absolute atomic E-state index is 11.0. The molecule has 0 unspecified atom stereocenters. The Morgan fingerprint density at radius 2 is 1.93 bits per heavy atom. The van der Waals surface area contributed by atoms with Crippen LogP contribution in [0.3, 0.4) is 0 Å². The van der Waals surface area contributed by atoms with Crippen LogP contribution in [0.15, 0.2) is 24.3 Å². The highest BCUT2D eigenvalue weighted by Gasteiger charge is 2.26. The molecule has 0 bridgehead atoms. The van der Waals surface area contributed by atoms with Crippen molar-refractivity contribution in [3.05, 3.63) is 29.8 Å². The lowest BCUT2D eigenvalue weighted by Gasteiger charge is -2.32. The van der Waals surface area contributed by atoms with Gasteiger partial charge in [0.15, 0.2) is 5.78 Å². The van der Waals surface area contributed by atoms with Crippen molar-refractivity contribution in [2.24, 2.45) is 0 Å². The summed E-state index contributed by atoms with van der Waals surface area (Å²) >= 11 is 0. The van der Waals surface area contributed by atoms with Crippen LogP contribution >= 0.6 is 0 Å². The van der Waals surface area contributed by atoms with Gasteiger partial charge in [-0.25, -0.2) is 0 Å². The van der Waals surface area contributed by atoms with E-state index in [0.717, 1.165) is 24.1 Å². The molecular formula is C12H15NO2. The molecule has 0 atom stereocenters. The van der Waals surface area contributed by atoms with E-state index >= 15 is 0 Å². The minimum absolute atomic E-state index is 0.0839. The number of Topliss-reactive ketones (excluding diaryl/α,β-unsaturated/α-hetero) is 1. The molecule has 3 heteroatoms. The van der Waals surface area contributed by atoms with E-state index < -0.39 is 0 Å². The first kappa shape index (κ1) is 10.2. The maximum atomic E-state index is 11.0. The van der Waals surface area contributed by atoms with Crippen molar-refractivity contribution in [2.45, 2.75) is 31.9 Å². The molecule has 1 saturated carbocycles. The van der Waals surface area contributed by atoms with E-state index in [0.29, 0.717) is 6.04 Å². The Labute approximate surface area is 89.1 Å². The number of anilines is 1. The van der Waals surface area contributed by atoms with Crippen molar-refractivity contribution in [3.63, 3.8) is 0 Å². The molecule has 3 nitrogen and oxygen atoms in total. The van der Waals surface area contributed by atoms with E-state index in [9.17, 15) is 4.79 Å². The number of rotatable bonds is 3. The number of carbonyl (C=O) groups is 1. The lowest BCUT2D eigenvalue weighted by molar-refractivity contribution is 0.0836. The van der Waals surface area contributed by atoms with Gasteiger partial charge in [0, 0.05) is 17.3 Å². The quantitative estimate of drug-likeness (QED) is 0.740. The number of benzene rings is 1. The molecule has 2 rings (SSSR count). The molecule has 0 aromatic heterocycles. The van der Waals surface area contributed by atoms with Gasteiger partial charge in [-0.05, 0) is 44.0 Å². The zero-order chi connectivity index (χ0) is 10.8. The first-order chi connectivity index (χ1) is 7.15. The van der Waals surface area contributed by atoms with Crippen molar-refractivity contribution in [1.29, 1.82) is 0 Å². The number of nitrogens with one attached hydrogen (secondary N) is 1. The van der Waals surface area contributed by atoms with Crippen LogP contribution in [-0.4, -0.2) is 23.0 Å². The summed E-state index contributed by atoms with van der Waals surface area (Å²) < 4.78 is 0. The molecule has 0 saturated heterocycles. The highest BCUT2D eigenvalue weighted by molar-refractivity contribution is 5.94. The number of hydrogen-bond donors (Lipinski definition) is 2. The van der Waals surface area contributed by atoms with Crippen LogP contribution in [0.1, 0.15) is 30.1 Å². The van der Waals surface area contributed by atoms with Gasteiger partial charge in [-0.15, -0.1) is 0 Å². The number of ketones is 1. The smallest absolute Gasteiger partial charge is 0.159 e. The average molecular weight is 205 g/mol. The van der Waals surface area contributed by atoms with Crippen molar-refractivity contribution in [3.8, 4) is 0 Å². The number of carbonyl (C=O) groups excluding carboxylic acids is 1. The summed E-state index contributed by atoms with van der Waals surface area (Å²) in [5, 5.41) is 12.4. The van der Waals surface area contributed by atoms with Crippen molar-refractivity contribution in [2.75, 3.05) is 5.32 Å². The second-order valence-electron chi connectivity index (χ2n) is 4.10. The molecular weight excluding hydrogens is 190 g/mol. The zero-order valence-corrected chi connectivity index (χ0v) is 8.73. The van der Waals surface area contributed by atoms with E-state index in [4.69, 9.17) is 5.11 Å². The van der Waals surface area contributed by atoms with Gasteiger partial charge in [-0.1, -0.05) is 0 Å². The Kier molecular flexibility index (Phi) is 2.73. The number of aliphatic hydroxyl groups is 1. The van der Waals surface area contributed by atoms with Crippen LogP contribution in [-0.2, 0) is 0 Å². The molecule has 0 radical (unpaired) electrons. The topological polar surface area (TPSA) is 49.3 Å². The van der Waals surface area contributed by atoms with Gasteiger partial charge < -0.3 is 10.4 Å². The molecule has 1 aliphatic carbocycles. The van der Waals surface area contributed by atoms with Crippen molar-refractivity contribution < 1.29 is 9.90 Å². The minimum Gasteiger partial charge on any atom is -0.393 e. The van der Waals surface area contributed by atoms with E-state index in [1.807, 2.05) is 24.3 Å². The highest BCUT2D eigenvalue weighted by atomic mass is 16.3. The molecule has 1 aromatic carbocycles. The van der Waals surface area contributed by atoms with Gasteiger partial charge in [0.05, 0.1) is 6.10 Å². The lowest BCUT2D eigenvalue weighted by atomic mass is 9.89. The van der Waals surface area contributed by atoms with Gasteiger partial charge in [0.1, 0.15) is 0 Å². The molecule has 1 aliphatic rings. The van der Waals surface area contributed by atoms with Crippen LogP contribution in [0.4, 0.5) is 5.69 Å². The summed E-state index contributed by atoms with van der Waals surface area (Å²) in [7, 11) is 0. The predicted molar refractivity (Wildman–Crippen MR) is 59.1 cm³/mol. The third-order valence-corrected chi connectivity index (χ3v) is 2.78. The molecule has 1 aromatic rings. The Bertz CT molecular complexity index is 352. The Morgan fingerprint density at radius 1 is 1.33 bits per heavy atom. The Balaban J connectivity index is 1.95. The molecule has 80 valence electrons. The predicted octanol–water partition coefficient (Wildman–Crippen LogP) is 1.82. The second kappa shape index (κ2) is 4.03. The molecule has 1 fully saturated rings. The minimum atomic E-state index is -0.140. The van der Waals surface area contributed by atoms with Crippen molar-refractivity contribution in [1.82, 2.24) is 0 Å². The monoisotopic (exact) mass is 205 g/mol. The fraction of sp³-hybridized carbons (Fsp3) is 0.417. The third kappa shape index (κ3) is 2.36. The zero-order valence-electron chi connectivity index (χ0n) is 8.73. The summed E-state index contributed by atoms with van der Waals surface area (Å²) in [6.07, 6.45) is 1.49. The Hall–Kier alpha value is -1.35. The molecule has 0 amide bonds. The highest BCUT2D eigenvalue weighted by Crippen LogP contribution is 2.24. The Morgan fingerprint density at radius 3 is 2.40 bits per heavy atom. The van der Waals surface area contributed by atoms with Gasteiger partial charge >= 0.3 is 0 Å². The number of hydrogen-bond acceptors (Lipinski definition) is 3.